The third-order valence-electron chi connectivity index (χ3n) is 5.89. The molecule has 2 aromatic carbocycles. The highest BCUT2D eigenvalue weighted by molar-refractivity contribution is 7.92. The van der Waals surface area contributed by atoms with Gasteiger partial charge in [0.15, 0.2) is 0 Å². The van der Waals surface area contributed by atoms with Gasteiger partial charge >= 0.3 is 0 Å². The van der Waals surface area contributed by atoms with Crippen molar-refractivity contribution >= 4 is 27.2 Å². The number of anilines is 2. The third kappa shape index (κ3) is 6.42. The Bertz CT molecular complexity index is 1160. The highest BCUT2D eigenvalue weighted by Gasteiger charge is 2.16. The Morgan fingerprint density at radius 1 is 0.909 bits per heavy atom. The van der Waals surface area contributed by atoms with Gasteiger partial charge < -0.3 is 4.90 Å². The summed E-state index contributed by atoms with van der Waals surface area (Å²) in [5.41, 5.74) is 3.49. The number of carbonyl (C=O) groups excluding carboxylic acids is 1. The minimum Gasteiger partial charge on any atom is -0.372 e. The highest BCUT2D eigenvalue weighted by Crippen LogP contribution is 2.23. The molecule has 3 aromatic rings. The lowest BCUT2D eigenvalue weighted by molar-refractivity contribution is -0.118. The van der Waals surface area contributed by atoms with E-state index in [0.29, 0.717) is 18.5 Å². The van der Waals surface area contributed by atoms with Gasteiger partial charge in [0.25, 0.3) is 10.0 Å². The average molecular weight is 464 g/mol. The monoisotopic (exact) mass is 463 g/mol. The second kappa shape index (κ2) is 10.6. The number of ketones is 1. The predicted octanol–water partition coefficient (Wildman–Crippen LogP) is 4.62. The molecule has 6 nitrogen and oxygen atoms in total. The zero-order valence-corrected chi connectivity index (χ0v) is 19.4. The van der Waals surface area contributed by atoms with E-state index < -0.39 is 10.0 Å². The Morgan fingerprint density at radius 2 is 1.64 bits per heavy atom. The summed E-state index contributed by atoms with van der Waals surface area (Å²) < 4.78 is 28.2. The summed E-state index contributed by atoms with van der Waals surface area (Å²) in [6, 6.07) is 17.8. The van der Waals surface area contributed by atoms with E-state index in [4.69, 9.17) is 0 Å². The molecule has 0 radical (unpaired) electrons. The van der Waals surface area contributed by atoms with E-state index >= 15 is 0 Å². The van der Waals surface area contributed by atoms with Crippen LogP contribution in [0.2, 0.25) is 0 Å². The molecule has 0 saturated carbocycles. The number of hydrogen-bond donors (Lipinski definition) is 1. The Morgan fingerprint density at radius 3 is 2.30 bits per heavy atom. The van der Waals surface area contributed by atoms with Gasteiger partial charge in [-0.3, -0.25) is 14.5 Å². The molecule has 0 amide bonds. The van der Waals surface area contributed by atoms with Crippen molar-refractivity contribution in [1.29, 1.82) is 0 Å². The molecule has 2 heterocycles. The molecule has 0 unspecified atom stereocenters. The van der Waals surface area contributed by atoms with Gasteiger partial charge in [-0.15, -0.1) is 0 Å². The van der Waals surface area contributed by atoms with E-state index in [0.717, 1.165) is 29.9 Å². The van der Waals surface area contributed by atoms with Crippen molar-refractivity contribution in [2.24, 2.45) is 0 Å². The van der Waals surface area contributed by atoms with Gasteiger partial charge in [0.2, 0.25) is 0 Å². The van der Waals surface area contributed by atoms with Gasteiger partial charge in [-0.25, -0.2) is 8.42 Å². The van der Waals surface area contributed by atoms with Crippen LogP contribution in [-0.4, -0.2) is 32.3 Å². The molecule has 1 saturated heterocycles. The number of carbonyl (C=O) groups is 1. The molecule has 0 bridgehead atoms. The average Bonchev–Trinajstić information content (AvgIpc) is 2.84. The van der Waals surface area contributed by atoms with Gasteiger partial charge in [0, 0.05) is 49.7 Å². The maximum atomic E-state index is 12.8. The summed E-state index contributed by atoms with van der Waals surface area (Å²) in [6.45, 7) is 2.09. The number of nitrogens with zero attached hydrogens (tertiary/aromatic N) is 2. The molecule has 1 aliphatic heterocycles. The number of aryl methyl sites for hydroxylation is 1. The molecule has 33 heavy (non-hydrogen) atoms. The van der Waals surface area contributed by atoms with E-state index in [1.807, 2.05) is 24.3 Å². The fourth-order valence-corrected chi connectivity index (χ4v) is 5.10. The van der Waals surface area contributed by atoms with Crippen molar-refractivity contribution in [2.45, 2.75) is 43.4 Å². The lowest BCUT2D eigenvalue weighted by atomic mass is 10.0. The van der Waals surface area contributed by atoms with Crippen LogP contribution in [0.25, 0.3) is 0 Å². The lowest BCUT2D eigenvalue weighted by Gasteiger charge is -2.28. The largest absolute Gasteiger partial charge is 0.372 e. The van der Waals surface area contributed by atoms with E-state index in [2.05, 4.69) is 14.6 Å². The Kier molecular flexibility index (Phi) is 7.40. The Hall–Kier alpha value is -3.19. The van der Waals surface area contributed by atoms with E-state index in [1.54, 1.807) is 48.8 Å². The summed E-state index contributed by atoms with van der Waals surface area (Å²) >= 11 is 0. The number of piperidine rings is 1. The number of sulfonamides is 1. The van der Waals surface area contributed by atoms with Gasteiger partial charge in [0.05, 0.1) is 4.90 Å². The van der Waals surface area contributed by atoms with Crippen molar-refractivity contribution < 1.29 is 13.2 Å². The zero-order chi connectivity index (χ0) is 23.1. The van der Waals surface area contributed by atoms with Crippen LogP contribution in [0.1, 0.15) is 36.8 Å². The van der Waals surface area contributed by atoms with Gasteiger partial charge in [-0.2, -0.15) is 0 Å². The molecule has 7 heteroatoms. The normalized spacial score (nSPS) is 14.1. The Balaban J connectivity index is 1.33. The van der Waals surface area contributed by atoms with E-state index in [9.17, 15) is 13.2 Å². The first kappa shape index (κ1) is 23.0. The van der Waals surface area contributed by atoms with Crippen molar-refractivity contribution in [3.63, 3.8) is 0 Å². The van der Waals surface area contributed by atoms with E-state index in [-0.39, 0.29) is 17.1 Å². The minimum absolute atomic E-state index is 0.112. The van der Waals surface area contributed by atoms with Crippen LogP contribution in [0.3, 0.4) is 0 Å². The second-order valence-electron chi connectivity index (χ2n) is 8.42. The maximum Gasteiger partial charge on any atom is 0.261 e. The fraction of sp³-hybridized carbons (Fsp3) is 0.308. The van der Waals surface area contributed by atoms with Crippen LogP contribution in [-0.2, 0) is 27.7 Å². The van der Waals surface area contributed by atoms with Crippen LogP contribution in [0.15, 0.2) is 78.0 Å². The first-order valence-corrected chi connectivity index (χ1v) is 12.9. The van der Waals surface area contributed by atoms with Gasteiger partial charge in [0.1, 0.15) is 5.78 Å². The fourth-order valence-electron chi connectivity index (χ4n) is 4.04. The second-order valence-corrected chi connectivity index (χ2v) is 10.1. The van der Waals surface area contributed by atoms with Crippen LogP contribution in [0.4, 0.5) is 11.4 Å². The molecular formula is C26H29N3O3S. The SMILES string of the molecule is O=C(CCc1cccnc1)Cc1ccc(S(=O)(=O)Nc2ccc(N3CCCCC3)cc2)cc1. The van der Waals surface area contributed by atoms with Crippen LogP contribution in [0, 0.1) is 0 Å². The zero-order valence-electron chi connectivity index (χ0n) is 18.6. The molecule has 1 aliphatic rings. The van der Waals surface area contributed by atoms with Crippen LogP contribution in [0.5, 0.6) is 0 Å². The highest BCUT2D eigenvalue weighted by atomic mass is 32.2. The number of benzene rings is 2. The predicted molar refractivity (Wildman–Crippen MR) is 131 cm³/mol. The smallest absolute Gasteiger partial charge is 0.261 e. The topological polar surface area (TPSA) is 79.4 Å². The first-order valence-electron chi connectivity index (χ1n) is 11.4. The van der Waals surface area contributed by atoms with Crippen LogP contribution >= 0.6 is 0 Å². The quantitative estimate of drug-likeness (QED) is 0.501. The number of Topliss-reactive ketones (excluding diaryl/α,β-unsaturated/α-hetero) is 1. The maximum absolute atomic E-state index is 12.8. The van der Waals surface area contributed by atoms with Crippen LogP contribution < -0.4 is 9.62 Å². The number of pyridine rings is 1. The number of rotatable bonds is 9. The lowest BCUT2D eigenvalue weighted by Crippen LogP contribution is -2.29. The molecule has 1 N–H and O–H groups in total. The number of aromatic nitrogens is 1. The van der Waals surface area contributed by atoms with Gasteiger partial charge in [-0.1, -0.05) is 18.2 Å². The third-order valence-corrected chi connectivity index (χ3v) is 7.29. The van der Waals surface area contributed by atoms with Crippen molar-refractivity contribution in [1.82, 2.24) is 4.98 Å². The van der Waals surface area contributed by atoms with E-state index in [1.165, 1.54) is 19.3 Å². The summed E-state index contributed by atoms with van der Waals surface area (Å²) in [7, 11) is -3.70. The molecule has 172 valence electrons. The molecular weight excluding hydrogens is 434 g/mol. The standard InChI is InChI=1S/C26H29N3O3S/c30-25(13-6-22-5-4-16-27-20-22)19-21-7-14-26(15-8-21)33(31,32)28-23-9-11-24(12-10-23)29-17-2-1-3-18-29/h4-5,7-12,14-16,20,28H,1-3,6,13,17-19H2. The number of hydrogen-bond acceptors (Lipinski definition) is 5. The molecule has 0 spiro atoms. The first-order chi connectivity index (χ1) is 16.0. The molecule has 4 rings (SSSR count). The van der Waals surface area contributed by atoms with Crippen molar-refractivity contribution in [3.8, 4) is 0 Å². The summed E-state index contributed by atoms with van der Waals surface area (Å²) in [6.07, 6.45) is 8.50. The van der Waals surface area contributed by atoms with Gasteiger partial charge in [-0.05, 0) is 79.3 Å². The molecule has 0 atom stereocenters. The molecule has 1 aromatic heterocycles. The Labute approximate surface area is 195 Å². The minimum atomic E-state index is -3.70. The summed E-state index contributed by atoms with van der Waals surface area (Å²) in [5.74, 6) is 0.112. The summed E-state index contributed by atoms with van der Waals surface area (Å²) in [5, 5.41) is 0. The summed E-state index contributed by atoms with van der Waals surface area (Å²) in [4.78, 5) is 18.9. The van der Waals surface area contributed by atoms with Crippen molar-refractivity contribution in [3.05, 3.63) is 84.2 Å². The molecule has 0 aliphatic carbocycles. The number of nitrogens with one attached hydrogen (secondary N) is 1. The van der Waals surface area contributed by atoms with Crippen molar-refractivity contribution in [2.75, 3.05) is 22.7 Å². The molecule has 1 fully saturated rings.